The van der Waals surface area contributed by atoms with Crippen molar-refractivity contribution in [1.82, 2.24) is 29.8 Å². The summed E-state index contributed by atoms with van der Waals surface area (Å²) in [5, 5.41) is 14.1. The zero-order valence-corrected chi connectivity index (χ0v) is 15.4. The van der Waals surface area contributed by atoms with Gasteiger partial charge >= 0.3 is 0 Å². The Morgan fingerprint density at radius 2 is 2.38 bits per heavy atom. The molecule has 4 heterocycles. The van der Waals surface area contributed by atoms with Crippen molar-refractivity contribution in [3.8, 4) is 10.7 Å². The van der Waals surface area contributed by atoms with Crippen LogP contribution in [0.2, 0.25) is 0 Å². The summed E-state index contributed by atoms with van der Waals surface area (Å²) >= 11 is 1.56. The number of piperidine rings is 1. The van der Waals surface area contributed by atoms with Crippen molar-refractivity contribution in [2.45, 2.75) is 31.6 Å². The molecule has 1 atom stereocenters. The molecule has 136 valence electrons. The summed E-state index contributed by atoms with van der Waals surface area (Å²) in [6.45, 7) is 1.48. The van der Waals surface area contributed by atoms with E-state index in [0.29, 0.717) is 31.1 Å². The van der Waals surface area contributed by atoms with Gasteiger partial charge in [-0.15, -0.1) is 21.5 Å². The van der Waals surface area contributed by atoms with Gasteiger partial charge in [-0.3, -0.25) is 4.79 Å². The Morgan fingerprint density at radius 3 is 3.15 bits per heavy atom. The maximum absolute atomic E-state index is 12.6. The Hall–Kier alpha value is -2.55. The molecule has 4 rings (SSSR count). The highest BCUT2D eigenvalue weighted by Gasteiger charge is 2.27. The molecule has 1 saturated heterocycles. The lowest BCUT2D eigenvalue weighted by molar-refractivity contribution is -0.132. The van der Waals surface area contributed by atoms with Crippen molar-refractivity contribution in [3.05, 3.63) is 35.6 Å². The number of rotatable bonds is 5. The van der Waals surface area contributed by atoms with Gasteiger partial charge < -0.3 is 14.0 Å². The van der Waals surface area contributed by atoms with Crippen LogP contribution in [0.4, 0.5) is 0 Å². The average Bonchev–Trinajstić information content (AvgIpc) is 3.40. The van der Waals surface area contributed by atoms with E-state index in [1.165, 1.54) is 0 Å². The van der Waals surface area contributed by atoms with Crippen molar-refractivity contribution < 1.29 is 9.32 Å². The third kappa shape index (κ3) is 3.52. The van der Waals surface area contributed by atoms with Crippen LogP contribution >= 0.6 is 11.3 Å². The third-order valence-electron chi connectivity index (χ3n) is 4.65. The number of carbonyl (C=O) groups excluding carboxylic acids is 1. The molecule has 0 N–H and O–H groups in total. The van der Waals surface area contributed by atoms with E-state index in [1.807, 2.05) is 34.0 Å². The fourth-order valence-corrected chi connectivity index (χ4v) is 3.96. The minimum absolute atomic E-state index is 0.118. The smallest absolute Gasteiger partial charge is 0.227 e. The number of hydrogen-bond acceptors (Lipinski definition) is 7. The highest BCUT2D eigenvalue weighted by atomic mass is 32.1. The van der Waals surface area contributed by atoms with Crippen LogP contribution in [-0.2, 0) is 18.3 Å². The van der Waals surface area contributed by atoms with Gasteiger partial charge in [0.05, 0.1) is 4.88 Å². The van der Waals surface area contributed by atoms with Gasteiger partial charge in [0.2, 0.25) is 17.6 Å². The normalized spacial score (nSPS) is 17.6. The first-order valence-electron chi connectivity index (χ1n) is 8.69. The van der Waals surface area contributed by atoms with Crippen LogP contribution in [-0.4, -0.2) is 48.8 Å². The summed E-state index contributed by atoms with van der Waals surface area (Å²) in [5.74, 6) is 2.40. The van der Waals surface area contributed by atoms with Crippen LogP contribution in [0.1, 0.15) is 36.9 Å². The monoisotopic (exact) mass is 372 g/mol. The molecule has 9 heteroatoms. The van der Waals surface area contributed by atoms with E-state index >= 15 is 0 Å². The summed E-state index contributed by atoms with van der Waals surface area (Å²) in [6, 6.07) is 3.90. The average molecular weight is 372 g/mol. The number of aromatic nitrogens is 5. The van der Waals surface area contributed by atoms with Crippen molar-refractivity contribution in [1.29, 1.82) is 0 Å². The Balaban J connectivity index is 1.34. The van der Waals surface area contributed by atoms with Gasteiger partial charge in [0.25, 0.3) is 0 Å². The van der Waals surface area contributed by atoms with E-state index < -0.39 is 0 Å². The van der Waals surface area contributed by atoms with Crippen LogP contribution in [0.15, 0.2) is 28.4 Å². The number of amides is 1. The summed E-state index contributed by atoms with van der Waals surface area (Å²) in [7, 11) is 1.94. The Morgan fingerprint density at radius 1 is 1.46 bits per heavy atom. The zero-order valence-electron chi connectivity index (χ0n) is 14.5. The van der Waals surface area contributed by atoms with Crippen molar-refractivity contribution in [3.63, 3.8) is 0 Å². The molecule has 1 amide bonds. The number of thiophene rings is 1. The Bertz CT molecular complexity index is 872. The summed E-state index contributed by atoms with van der Waals surface area (Å²) in [6.07, 6.45) is 4.55. The molecular formula is C17H20N6O2S. The Labute approximate surface area is 154 Å². The molecule has 0 bridgehead atoms. The van der Waals surface area contributed by atoms with E-state index in [9.17, 15) is 4.79 Å². The van der Waals surface area contributed by atoms with E-state index in [-0.39, 0.29) is 11.8 Å². The number of nitrogens with zero attached hydrogens (tertiary/aromatic N) is 6. The van der Waals surface area contributed by atoms with Crippen LogP contribution in [0, 0.1) is 0 Å². The van der Waals surface area contributed by atoms with Crippen LogP contribution in [0.5, 0.6) is 0 Å². The topological polar surface area (TPSA) is 89.9 Å². The molecule has 0 aliphatic carbocycles. The van der Waals surface area contributed by atoms with Gasteiger partial charge in [0.15, 0.2) is 0 Å². The molecule has 1 aliphatic rings. The molecular weight excluding hydrogens is 352 g/mol. The SMILES string of the molecule is Cn1cnnc1C1CCCN(C(=O)CCc2nc(-c3cccs3)no2)C1. The number of carbonyl (C=O) groups is 1. The predicted octanol–water partition coefficient (Wildman–Crippen LogP) is 2.27. The molecule has 3 aromatic heterocycles. The molecule has 3 aromatic rings. The van der Waals surface area contributed by atoms with Crippen molar-refractivity contribution >= 4 is 17.2 Å². The fourth-order valence-electron chi connectivity index (χ4n) is 3.31. The maximum atomic E-state index is 12.6. The molecule has 0 spiro atoms. The first-order chi connectivity index (χ1) is 12.7. The van der Waals surface area contributed by atoms with Gasteiger partial charge in [0, 0.05) is 38.9 Å². The zero-order chi connectivity index (χ0) is 17.9. The summed E-state index contributed by atoms with van der Waals surface area (Å²) in [5.41, 5.74) is 0. The van der Waals surface area contributed by atoms with E-state index in [1.54, 1.807) is 17.7 Å². The minimum Gasteiger partial charge on any atom is -0.342 e. The van der Waals surface area contributed by atoms with Crippen LogP contribution < -0.4 is 0 Å². The van der Waals surface area contributed by atoms with Crippen LogP contribution in [0.25, 0.3) is 10.7 Å². The van der Waals surface area contributed by atoms with E-state index in [4.69, 9.17) is 4.52 Å². The maximum Gasteiger partial charge on any atom is 0.227 e. The fraction of sp³-hybridized carbons (Fsp3) is 0.471. The van der Waals surface area contributed by atoms with Crippen molar-refractivity contribution in [2.24, 2.45) is 7.05 Å². The first kappa shape index (κ1) is 16.9. The largest absolute Gasteiger partial charge is 0.342 e. The second-order valence-electron chi connectivity index (χ2n) is 6.47. The Kier molecular flexibility index (Phi) is 4.79. The molecule has 0 saturated carbocycles. The molecule has 1 aliphatic heterocycles. The van der Waals surface area contributed by atoms with Gasteiger partial charge in [-0.05, 0) is 24.3 Å². The van der Waals surface area contributed by atoms with Gasteiger partial charge in [-0.25, -0.2) is 0 Å². The summed E-state index contributed by atoms with van der Waals surface area (Å²) in [4.78, 5) is 19.9. The molecule has 0 aromatic carbocycles. The lowest BCUT2D eigenvalue weighted by Crippen LogP contribution is -2.39. The highest BCUT2D eigenvalue weighted by Crippen LogP contribution is 2.26. The second kappa shape index (κ2) is 7.36. The predicted molar refractivity (Wildman–Crippen MR) is 95.5 cm³/mol. The lowest BCUT2D eigenvalue weighted by Gasteiger charge is -2.32. The van der Waals surface area contributed by atoms with Gasteiger partial charge in [0.1, 0.15) is 12.2 Å². The number of aryl methyl sites for hydroxylation is 2. The molecule has 1 fully saturated rings. The molecule has 0 radical (unpaired) electrons. The highest BCUT2D eigenvalue weighted by molar-refractivity contribution is 7.13. The molecule has 26 heavy (non-hydrogen) atoms. The van der Waals surface area contributed by atoms with E-state index in [0.717, 1.165) is 30.1 Å². The van der Waals surface area contributed by atoms with Crippen LogP contribution in [0.3, 0.4) is 0 Å². The van der Waals surface area contributed by atoms with Crippen molar-refractivity contribution in [2.75, 3.05) is 13.1 Å². The lowest BCUT2D eigenvalue weighted by atomic mass is 9.97. The molecule has 8 nitrogen and oxygen atoms in total. The van der Waals surface area contributed by atoms with Gasteiger partial charge in [-0.1, -0.05) is 11.2 Å². The molecule has 1 unspecified atom stereocenters. The summed E-state index contributed by atoms with van der Waals surface area (Å²) < 4.78 is 7.21. The second-order valence-corrected chi connectivity index (χ2v) is 7.42. The number of hydrogen-bond donors (Lipinski definition) is 0. The third-order valence-corrected chi connectivity index (χ3v) is 5.51. The first-order valence-corrected chi connectivity index (χ1v) is 9.57. The quantitative estimate of drug-likeness (QED) is 0.682. The minimum atomic E-state index is 0.118. The standard InChI is InChI=1S/C17H20N6O2S/c1-22-11-18-20-17(22)12-4-2-8-23(10-12)15(24)7-6-14-19-16(21-25-14)13-5-3-9-26-13/h3,5,9,11-12H,2,4,6-8,10H2,1H3. The van der Waals surface area contributed by atoms with E-state index in [2.05, 4.69) is 20.3 Å². The number of likely N-dealkylation sites (tertiary alicyclic amines) is 1. The van der Waals surface area contributed by atoms with Gasteiger partial charge in [-0.2, -0.15) is 4.98 Å².